The molecule has 0 fully saturated rings. The number of benzene rings is 1. The zero-order chi connectivity index (χ0) is 15.4. The molecule has 112 valence electrons. The number of carbonyl (C=O) groups excluding carboxylic acids is 1. The number of ether oxygens (including phenoxy) is 1. The molecular weight excluding hydrogens is 266 g/mol. The van der Waals surface area contributed by atoms with Crippen LogP contribution < -0.4 is 10.1 Å². The van der Waals surface area contributed by atoms with E-state index in [1.807, 2.05) is 58.0 Å². The number of nitrogens with one attached hydrogen (secondary N) is 1. The predicted molar refractivity (Wildman–Crippen MR) is 82.5 cm³/mol. The molecule has 0 aliphatic carbocycles. The van der Waals surface area contributed by atoms with Crippen LogP contribution in [0.3, 0.4) is 0 Å². The second kappa shape index (κ2) is 6.43. The third-order valence-corrected chi connectivity index (χ3v) is 2.91. The van der Waals surface area contributed by atoms with Crippen LogP contribution >= 0.6 is 0 Å². The summed E-state index contributed by atoms with van der Waals surface area (Å²) >= 11 is 0. The van der Waals surface area contributed by atoms with Crippen LogP contribution in [-0.4, -0.2) is 21.8 Å². The first-order valence-electron chi connectivity index (χ1n) is 7.01. The van der Waals surface area contributed by atoms with Gasteiger partial charge in [-0.25, -0.2) is 0 Å². The molecular formula is C16H21N3O2. The molecule has 0 saturated heterocycles. The SMILES string of the molecule is Cc1cc(C)n(CC(=O)Nc2ccc(OC(C)C)cc2)n1. The summed E-state index contributed by atoms with van der Waals surface area (Å²) in [6.45, 7) is 8.01. The predicted octanol–water partition coefficient (Wildman–Crippen LogP) is 2.93. The Morgan fingerprint density at radius 1 is 1.29 bits per heavy atom. The first kappa shape index (κ1) is 15.1. The molecule has 1 aromatic heterocycles. The van der Waals surface area contributed by atoms with Gasteiger partial charge in [0.1, 0.15) is 12.3 Å². The first-order valence-corrected chi connectivity index (χ1v) is 7.01. The smallest absolute Gasteiger partial charge is 0.246 e. The highest BCUT2D eigenvalue weighted by Crippen LogP contribution is 2.17. The number of hydrogen-bond acceptors (Lipinski definition) is 3. The van der Waals surface area contributed by atoms with Gasteiger partial charge >= 0.3 is 0 Å². The molecule has 0 radical (unpaired) electrons. The normalized spacial score (nSPS) is 10.7. The first-order chi connectivity index (χ1) is 9.94. The van der Waals surface area contributed by atoms with E-state index in [-0.39, 0.29) is 18.6 Å². The third kappa shape index (κ3) is 4.34. The van der Waals surface area contributed by atoms with Crippen molar-refractivity contribution in [1.29, 1.82) is 0 Å². The number of hydrogen-bond donors (Lipinski definition) is 1. The number of anilines is 1. The minimum Gasteiger partial charge on any atom is -0.491 e. The third-order valence-electron chi connectivity index (χ3n) is 2.91. The fourth-order valence-corrected chi connectivity index (χ4v) is 2.06. The van der Waals surface area contributed by atoms with E-state index >= 15 is 0 Å². The van der Waals surface area contributed by atoms with Crippen LogP contribution in [0.4, 0.5) is 5.69 Å². The van der Waals surface area contributed by atoms with Gasteiger partial charge in [0.2, 0.25) is 5.91 Å². The highest BCUT2D eigenvalue weighted by Gasteiger charge is 2.07. The molecule has 1 heterocycles. The molecule has 5 nitrogen and oxygen atoms in total. The number of rotatable bonds is 5. The number of carbonyl (C=O) groups is 1. The fraction of sp³-hybridized carbons (Fsp3) is 0.375. The summed E-state index contributed by atoms with van der Waals surface area (Å²) in [7, 11) is 0. The van der Waals surface area contributed by atoms with Gasteiger partial charge < -0.3 is 10.1 Å². The van der Waals surface area contributed by atoms with Gasteiger partial charge in [-0.3, -0.25) is 9.48 Å². The van der Waals surface area contributed by atoms with Gasteiger partial charge in [0.05, 0.1) is 11.8 Å². The zero-order valence-electron chi connectivity index (χ0n) is 12.9. The quantitative estimate of drug-likeness (QED) is 0.920. The van der Waals surface area contributed by atoms with Crippen LogP contribution in [0, 0.1) is 13.8 Å². The molecule has 1 amide bonds. The number of aryl methyl sites for hydroxylation is 2. The molecule has 0 bridgehead atoms. The summed E-state index contributed by atoms with van der Waals surface area (Å²) in [6, 6.07) is 9.30. The molecule has 0 atom stereocenters. The maximum atomic E-state index is 12.0. The number of nitrogens with zero attached hydrogens (tertiary/aromatic N) is 2. The maximum absolute atomic E-state index is 12.0. The van der Waals surface area contributed by atoms with Gasteiger partial charge in [-0.2, -0.15) is 5.10 Å². The van der Waals surface area contributed by atoms with Crippen LogP contribution in [0.1, 0.15) is 25.2 Å². The summed E-state index contributed by atoms with van der Waals surface area (Å²) < 4.78 is 7.26. The van der Waals surface area contributed by atoms with Crippen LogP contribution in [0.2, 0.25) is 0 Å². The van der Waals surface area contributed by atoms with Crippen molar-refractivity contribution >= 4 is 11.6 Å². The minimum atomic E-state index is -0.0984. The zero-order valence-corrected chi connectivity index (χ0v) is 12.9. The Morgan fingerprint density at radius 2 is 1.95 bits per heavy atom. The van der Waals surface area contributed by atoms with Crippen molar-refractivity contribution in [2.24, 2.45) is 0 Å². The number of amides is 1. The van der Waals surface area contributed by atoms with E-state index < -0.39 is 0 Å². The van der Waals surface area contributed by atoms with Gasteiger partial charge in [-0.1, -0.05) is 0 Å². The Balaban J connectivity index is 1.95. The summed E-state index contributed by atoms with van der Waals surface area (Å²) in [4.78, 5) is 12.0. The van der Waals surface area contributed by atoms with Crippen molar-refractivity contribution in [3.63, 3.8) is 0 Å². The average Bonchev–Trinajstić information content (AvgIpc) is 2.69. The Labute approximate surface area is 124 Å². The molecule has 2 rings (SSSR count). The molecule has 0 unspecified atom stereocenters. The van der Waals surface area contributed by atoms with E-state index in [2.05, 4.69) is 10.4 Å². The minimum absolute atomic E-state index is 0.0984. The van der Waals surface area contributed by atoms with Crippen LogP contribution in [0.25, 0.3) is 0 Å². The average molecular weight is 287 g/mol. The van der Waals surface area contributed by atoms with Crippen molar-refractivity contribution in [3.8, 4) is 5.75 Å². The van der Waals surface area contributed by atoms with E-state index in [4.69, 9.17) is 4.74 Å². The summed E-state index contributed by atoms with van der Waals surface area (Å²) in [6.07, 6.45) is 0.136. The standard InChI is InChI=1S/C16H21N3O2/c1-11(2)21-15-7-5-14(6-8-15)17-16(20)10-19-13(4)9-12(3)18-19/h5-9,11H,10H2,1-4H3,(H,17,20). The summed E-state index contributed by atoms with van der Waals surface area (Å²) in [5, 5.41) is 7.13. The Hall–Kier alpha value is -2.30. The molecule has 1 N–H and O–H groups in total. The summed E-state index contributed by atoms with van der Waals surface area (Å²) in [5.41, 5.74) is 2.64. The largest absolute Gasteiger partial charge is 0.491 e. The van der Waals surface area contributed by atoms with Crippen molar-refractivity contribution in [1.82, 2.24) is 9.78 Å². The van der Waals surface area contributed by atoms with Crippen molar-refractivity contribution < 1.29 is 9.53 Å². The maximum Gasteiger partial charge on any atom is 0.246 e. The molecule has 0 aliphatic heterocycles. The Kier molecular flexibility index (Phi) is 4.62. The Morgan fingerprint density at radius 3 is 2.48 bits per heavy atom. The highest BCUT2D eigenvalue weighted by molar-refractivity contribution is 5.90. The van der Waals surface area contributed by atoms with Crippen molar-refractivity contribution in [3.05, 3.63) is 41.7 Å². The lowest BCUT2D eigenvalue weighted by Crippen LogP contribution is -2.20. The van der Waals surface area contributed by atoms with Crippen LogP contribution in [0.15, 0.2) is 30.3 Å². The van der Waals surface area contributed by atoms with Gasteiger partial charge in [0.15, 0.2) is 0 Å². The summed E-state index contributed by atoms with van der Waals surface area (Å²) in [5.74, 6) is 0.695. The lowest BCUT2D eigenvalue weighted by molar-refractivity contribution is -0.116. The van der Waals surface area contributed by atoms with Gasteiger partial charge in [-0.15, -0.1) is 0 Å². The Bertz CT molecular complexity index is 615. The van der Waals surface area contributed by atoms with Crippen molar-refractivity contribution in [2.75, 3.05) is 5.32 Å². The highest BCUT2D eigenvalue weighted by atomic mass is 16.5. The van der Waals surface area contributed by atoms with Gasteiger partial charge in [0, 0.05) is 11.4 Å². The van der Waals surface area contributed by atoms with Gasteiger partial charge in [-0.05, 0) is 58.0 Å². The lowest BCUT2D eigenvalue weighted by Gasteiger charge is -2.11. The lowest BCUT2D eigenvalue weighted by atomic mass is 10.3. The van der Waals surface area contributed by atoms with Crippen molar-refractivity contribution in [2.45, 2.75) is 40.3 Å². The molecule has 2 aromatic rings. The molecule has 21 heavy (non-hydrogen) atoms. The van der Waals surface area contributed by atoms with E-state index in [1.165, 1.54) is 0 Å². The van der Waals surface area contributed by atoms with E-state index in [0.29, 0.717) is 0 Å². The van der Waals surface area contributed by atoms with E-state index in [1.54, 1.807) is 4.68 Å². The second-order valence-electron chi connectivity index (χ2n) is 5.32. The fourth-order valence-electron chi connectivity index (χ4n) is 2.06. The van der Waals surface area contributed by atoms with E-state index in [0.717, 1.165) is 22.8 Å². The molecule has 0 aliphatic rings. The monoisotopic (exact) mass is 287 g/mol. The van der Waals surface area contributed by atoms with Crippen LogP contribution in [-0.2, 0) is 11.3 Å². The van der Waals surface area contributed by atoms with E-state index in [9.17, 15) is 4.79 Å². The molecule has 0 spiro atoms. The molecule has 0 saturated carbocycles. The van der Waals surface area contributed by atoms with Crippen LogP contribution in [0.5, 0.6) is 5.75 Å². The van der Waals surface area contributed by atoms with Gasteiger partial charge in [0.25, 0.3) is 0 Å². The molecule has 5 heteroatoms. The second-order valence-corrected chi connectivity index (χ2v) is 5.32. The molecule has 1 aromatic carbocycles. The topological polar surface area (TPSA) is 56.2 Å². The number of aromatic nitrogens is 2.